The molecular weight excluding hydrogens is 190 g/mol. The van der Waals surface area contributed by atoms with E-state index in [2.05, 4.69) is 0 Å². The fourth-order valence-electron chi connectivity index (χ4n) is 2.07. The molecule has 0 amide bonds. The molecule has 1 saturated heterocycles. The first-order valence-electron chi connectivity index (χ1n) is 5.28. The fraction of sp³-hybridized carbons (Fsp3) is 0.500. The molecule has 0 radical (unpaired) electrons. The van der Waals surface area contributed by atoms with E-state index in [9.17, 15) is 5.11 Å². The summed E-state index contributed by atoms with van der Waals surface area (Å²) in [7, 11) is 0. The van der Waals surface area contributed by atoms with E-state index in [-0.39, 0.29) is 11.6 Å². The lowest BCUT2D eigenvalue weighted by atomic mass is 9.86. The van der Waals surface area contributed by atoms with E-state index >= 15 is 0 Å². The lowest BCUT2D eigenvalue weighted by Crippen LogP contribution is -2.47. The monoisotopic (exact) mass is 207 g/mol. The third kappa shape index (κ3) is 2.13. The van der Waals surface area contributed by atoms with E-state index in [1.165, 1.54) is 0 Å². The largest absolute Gasteiger partial charge is 0.508 e. The molecule has 0 bridgehead atoms. The lowest BCUT2D eigenvalue weighted by molar-refractivity contribution is 0.0955. The molecule has 1 aliphatic heterocycles. The topological polar surface area (TPSA) is 55.5 Å². The number of rotatable bonds is 2. The molecule has 1 heterocycles. The molecule has 82 valence electrons. The Morgan fingerprint density at radius 1 is 1.60 bits per heavy atom. The summed E-state index contributed by atoms with van der Waals surface area (Å²) in [6.07, 6.45) is 1.71. The maximum Gasteiger partial charge on any atom is 0.115 e. The first kappa shape index (κ1) is 10.5. The minimum absolute atomic E-state index is 0.0832. The molecule has 2 unspecified atom stereocenters. The molecule has 2 atom stereocenters. The van der Waals surface area contributed by atoms with E-state index in [4.69, 9.17) is 10.5 Å². The number of ether oxygens (including phenoxy) is 1. The molecule has 0 spiro atoms. The number of nitrogens with two attached hydrogens (primary N) is 1. The highest BCUT2D eigenvalue weighted by atomic mass is 16.5. The van der Waals surface area contributed by atoms with Gasteiger partial charge in [-0.25, -0.2) is 0 Å². The number of hydrogen-bond acceptors (Lipinski definition) is 3. The molecule has 0 aliphatic carbocycles. The molecular formula is C12H17NO2. The van der Waals surface area contributed by atoms with Gasteiger partial charge in [-0.2, -0.15) is 0 Å². The first-order chi connectivity index (χ1) is 7.10. The smallest absolute Gasteiger partial charge is 0.115 e. The van der Waals surface area contributed by atoms with Crippen molar-refractivity contribution in [3.05, 3.63) is 29.8 Å². The zero-order valence-electron chi connectivity index (χ0n) is 8.94. The zero-order valence-corrected chi connectivity index (χ0v) is 8.94. The van der Waals surface area contributed by atoms with Gasteiger partial charge in [0, 0.05) is 12.1 Å². The predicted octanol–water partition coefficient (Wildman–Crippen LogP) is 1.44. The summed E-state index contributed by atoms with van der Waals surface area (Å²) in [5.74, 6) is 0.294. The van der Waals surface area contributed by atoms with Crippen LogP contribution < -0.4 is 5.73 Å². The van der Waals surface area contributed by atoms with Gasteiger partial charge in [0.2, 0.25) is 0 Å². The maximum atomic E-state index is 9.36. The molecule has 1 aromatic carbocycles. The van der Waals surface area contributed by atoms with Crippen LogP contribution in [0.4, 0.5) is 0 Å². The Morgan fingerprint density at radius 3 is 3.00 bits per heavy atom. The summed E-state index contributed by atoms with van der Waals surface area (Å²) in [6, 6.07) is 7.26. The maximum absolute atomic E-state index is 9.36. The van der Waals surface area contributed by atoms with E-state index in [1.54, 1.807) is 12.1 Å². The molecule has 15 heavy (non-hydrogen) atoms. The van der Waals surface area contributed by atoms with Crippen LogP contribution in [0.1, 0.15) is 18.9 Å². The number of hydrogen-bond donors (Lipinski definition) is 2. The summed E-state index contributed by atoms with van der Waals surface area (Å²) in [5.41, 5.74) is 7.06. The van der Waals surface area contributed by atoms with E-state index in [1.807, 2.05) is 19.1 Å². The highest BCUT2D eigenvalue weighted by Crippen LogP contribution is 2.27. The van der Waals surface area contributed by atoms with Gasteiger partial charge < -0.3 is 15.6 Å². The van der Waals surface area contributed by atoms with Crippen molar-refractivity contribution in [3.63, 3.8) is 0 Å². The second kappa shape index (κ2) is 3.83. The molecule has 1 aromatic rings. The van der Waals surface area contributed by atoms with E-state index < -0.39 is 0 Å². The number of phenols is 1. The lowest BCUT2D eigenvalue weighted by Gasteiger charge is -2.27. The zero-order chi connectivity index (χ0) is 10.9. The van der Waals surface area contributed by atoms with Crippen LogP contribution in [0.3, 0.4) is 0 Å². The molecule has 0 saturated carbocycles. The quantitative estimate of drug-likeness (QED) is 0.771. The van der Waals surface area contributed by atoms with Crippen LogP contribution in [-0.4, -0.2) is 23.4 Å². The van der Waals surface area contributed by atoms with Crippen molar-refractivity contribution >= 4 is 0 Å². The first-order valence-corrected chi connectivity index (χ1v) is 5.28. The van der Waals surface area contributed by atoms with Crippen molar-refractivity contribution in [2.24, 2.45) is 5.73 Å². The normalized spacial score (nSPS) is 30.7. The minimum atomic E-state index is -0.284. The van der Waals surface area contributed by atoms with Crippen LogP contribution >= 0.6 is 0 Å². The summed E-state index contributed by atoms with van der Waals surface area (Å²) in [6.45, 7) is 2.74. The molecule has 1 fully saturated rings. The summed E-state index contributed by atoms with van der Waals surface area (Å²) >= 11 is 0. The van der Waals surface area contributed by atoms with Gasteiger partial charge in [0.25, 0.3) is 0 Å². The minimum Gasteiger partial charge on any atom is -0.508 e. The fourth-order valence-corrected chi connectivity index (χ4v) is 2.07. The number of aromatic hydroxyl groups is 1. The standard InChI is InChI=1S/C12H17NO2/c1-9-12(13,5-6-15-9)8-10-3-2-4-11(14)7-10/h2-4,7,9,14H,5-6,8,13H2,1H3. The van der Waals surface area contributed by atoms with Crippen molar-refractivity contribution in [2.45, 2.75) is 31.4 Å². The van der Waals surface area contributed by atoms with Crippen molar-refractivity contribution in [1.29, 1.82) is 0 Å². The van der Waals surface area contributed by atoms with Gasteiger partial charge >= 0.3 is 0 Å². The van der Waals surface area contributed by atoms with Crippen LogP contribution in [0.2, 0.25) is 0 Å². The summed E-state index contributed by atoms with van der Waals surface area (Å²) in [4.78, 5) is 0. The van der Waals surface area contributed by atoms with Gasteiger partial charge in [-0.15, -0.1) is 0 Å². The Labute approximate surface area is 89.9 Å². The van der Waals surface area contributed by atoms with Crippen molar-refractivity contribution in [3.8, 4) is 5.75 Å². The van der Waals surface area contributed by atoms with Crippen LogP contribution in [0.25, 0.3) is 0 Å². The average molecular weight is 207 g/mol. The number of phenolic OH excluding ortho intramolecular Hbond substituents is 1. The summed E-state index contributed by atoms with van der Waals surface area (Å²) in [5, 5.41) is 9.36. The highest BCUT2D eigenvalue weighted by Gasteiger charge is 2.37. The molecule has 0 aromatic heterocycles. The Kier molecular flexibility index (Phi) is 2.67. The Bertz CT molecular complexity index is 353. The molecule has 2 rings (SSSR count). The van der Waals surface area contributed by atoms with Crippen molar-refractivity contribution < 1.29 is 9.84 Å². The predicted molar refractivity (Wildman–Crippen MR) is 58.8 cm³/mol. The van der Waals surface area contributed by atoms with Crippen LogP contribution in [0.5, 0.6) is 5.75 Å². The second-order valence-electron chi connectivity index (χ2n) is 4.34. The second-order valence-corrected chi connectivity index (χ2v) is 4.34. The third-order valence-electron chi connectivity index (χ3n) is 3.19. The van der Waals surface area contributed by atoms with Gasteiger partial charge in [-0.1, -0.05) is 12.1 Å². The number of benzene rings is 1. The van der Waals surface area contributed by atoms with E-state index in [0.717, 1.165) is 25.0 Å². The Balaban J connectivity index is 2.14. The van der Waals surface area contributed by atoms with Gasteiger partial charge in [-0.3, -0.25) is 0 Å². The molecule has 1 aliphatic rings. The van der Waals surface area contributed by atoms with Crippen molar-refractivity contribution in [1.82, 2.24) is 0 Å². The Hall–Kier alpha value is -1.06. The van der Waals surface area contributed by atoms with E-state index in [0.29, 0.717) is 5.75 Å². The molecule has 3 N–H and O–H groups in total. The highest BCUT2D eigenvalue weighted by molar-refractivity contribution is 5.29. The van der Waals surface area contributed by atoms with Gasteiger partial charge in [0.1, 0.15) is 5.75 Å². The van der Waals surface area contributed by atoms with Crippen LogP contribution in [-0.2, 0) is 11.2 Å². The van der Waals surface area contributed by atoms with Gasteiger partial charge in [0.15, 0.2) is 0 Å². The van der Waals surface area contributed by atoms with Crippen LogP contribution in [0.15, 0.2) is 24.3 Å². The average Bonchev–Trinajstić information content (AvgIpc) is 2.47. The van der Waals surface area contributed by atoms with Gasteiger partial charge in [0.05, 0.1) is 6.10 Å². The van der Waals surface area contributed by atoms with Crippen LogP contribution in [0, 0.1) is 0 Å². The van der Waals surface area contributed by atoms with Crippen molar-refractivity contribution in [2.75, 3.05) is 6.61 Å². The SMILES string of the molecule is CC1OCCC1(N)Cc1cccc(O)c1. The Morgan fingerprint density at radius 2 is 2.40 bits per heavy atom. The molecule has 3 heteroatoms. The molecule has 3 nitrogen and oxygen atoms in total. The van der Waals surface area contributed by atoms with Gasteiger partial charge in [-0.05, 0) is 37.5 Å². The third-order valence-corrected chi connectivity index (χ3v) is 3.19. The summed E-state index contributed by atoms with van der Waals surface area (Å²) < 4.78 is 5.48.